The lowest BCUT2D eigenvalue weighted by atomic mass is 10.1. The van der Waals surface area contributed by atoms with Gasteiger partial charge in [-0.05, 0) is 12.8 Å². The second-order valence-electron chi connectivity index (χ2n) is 5.27. The molecule has 0 aromatic carbocycles. The van der Waals surface area contributed by atoms with E-state index in [0.717, 1.165) is 6.42 Å². The van der Waals surface area contributed by atoms with Gasteiger partial charge in [0.15, 0.2) is 5.12 Å². The van der Waals surface area contributed by atoms with Crippen LogP contribution in [0.1, 0.15) is 52.9 Å². The highest BCUT2D eigenvalue weighted by atomic mass is 32.2. The van der Waals surface area contributed by atoms with Crippen LogP contribution >= 0.6 is 11.8 Å². The van der Waals surface area contributed by atoms with Gasteiger partial charge in [-0.15, -0.1) is 0 Å². The summed E-state index contributed by atoms with van der Waals surface area (Å²) >= 11 is 1.26. The minimum absolute atomic E-state index is 0.0166. The molecule has 1 N–H and O–H groups in total. The molecule has 0 unspecified atom stereocenters. The van der Waals surface area contributed by atoms with E-state index >= 15 is 0 Å². The highest BCUT2D eigenvalue weighted by Gasteiger charge is 2.19. The standard InChI is InChI=1S/C13H24O4S/c1-13(2,3)18-12(16)9-10(14)7-5-6-8-11(15)17-4/h10,14H,5-9H2,1-4H3/t10-/m0/s1. The zero-order valence-corrected chi connectivity index (χ0v) is 12.5. The summed E-state index contributed by atoms with van der Waals surface area (Å²) in [5, 5.41) is 9.71. The minimum Gasteiger partial charge on any atom is -0.469 e. The van der Waals surface area contributed by atoms with Gasteiger partial charge in [0.2, 0.25) is 0 Å². The minimum atomic E-state index is -0.606. The second-order valence-corrected chi connectivity index (χ2v) is 7.15. The summed E-state index contributed by atoms with van der Waals surface area (Å²) in [4.78, 5) is 22.4. The Morgan fingerprint density at radius 3 is 2.39 bits per heavy atom. The maximum atomic E-state index is 11.6. The lowest BCUT2D eigenvalue weighted by Crippen LogP contribution is -2.17. The van der Waals surface area contributed by atoms with Gasteiger partial charge in [0, 0.05) is 17.6 Å². The Hall–Kier alpha value is -0.550. The maximum Gasteiger partial charge on any atom is 0.305 e. The number of methoxy groups -OCH3 is 1. The summed E-state index contributed by atoms with van der Waals surface area (Å²) in [5.41, 5.74) is 0. The molecule has 0 saturated carbocycles. The number of carbonyl (C=O) groups is 2. The van der Waals surface area contributed by atoms with E-state index in [1.165, 1.54) is 18.9 Å². The van der Waals surface area contributed by atoms with Crippen LogP contribution in [0, 0.1) is 0 Å². The number of ether oxygens (including phenoxy) is 1. The predicted octanol–water partition coefficient (Wildman–Crippen LogP) is 2.53. The molecule has 0 fully saturated rings. The molecule has 0 aromatic rings. The Morgan fingerprint density at radius 1 is 1.28 bits per heavy atom. The summed E-state index contributed by atoms with van der Waals surface area (Å²) in [6.07, 6.45) is 1.90. The summed E-state index contributed by atoms with van der Waals surface area (Å²) in [5.74, 6) is -0.233. The Morgan fingerprint density at radius 2 is 1.89 bits per heavy atom. The van der Waals surface area contributed by atoms with E-state index in [1.807, 2.05) is 20.8 Å². The molecule has 0 aromatic heterocycles. The molecule has 0 amide bonds. The van der Waals surface area contributed by atoms with E-state index in [-0.39, 0.29) is 22.3 Å². The largest absolute Gasteiger partial charge is 0.469 e. The van der Waals surface area contributed by atoms with Gasteiger partial charge in [-0.25, -0.2) is 0 Å². The molecular weight excluding hydrogens is 252 g/mol. The quantitative estimate of drug-likeness (QED) is 0.572. The summed E-state index contributed by atoms with van der Waals surface area (Å²) in [7, 11) is 1.36. The fourth-order valence-electron chi connectivity index (χ4n) is 1.43. The predicted molar refractivity (Wildman–Crippen MR) is 73.5 cm³/mol. The van der Waals surface area contributed by atoms with Crippen molar-refractivity contribution in [2.45, 2.75) is 63.7 Å². The Bertz CT molecular complexity index is 271. The average molecular weight is 276 g/mol. The van der Waals surface area contributed by atoms with Gasteiger partial charge < -0.3 is 9.84 Å². The first-order valence-electron chi connectivity index (χ1n) is 6.21. The lowest BCUT2D eigenvalue weighted by molar-refractivity contribution is -0.140. The van der Waals surface area contributed by atoms with E-state index in [2.05, 4.69) is 4.74 Å². The van der Waals surface area contributed by atoms with Crippen molar-refractivity contribution < 1.29 is 19.4 Å². The van der Waals surface area contributed by atoms with E-state index in [1.54, 1.807) is 0 Å². The molecule has 5 heteroatoms. The number of carbonyl (C=O) groups excluding carboxylic acids is 2. The van der Waals surface area contributed by atoms with Crippen LogP contribution in [0.4, 0.5) is 0 Å². The molecule has 0 radical (unpaired) electrons. The van der Waals surface area contributed by atoms with Crippen molar-refractivity contribution in [1.82, 2.24) is 0 Å². The second kappa shape index (κ2) is 8.53. The van der Waals surface area contributed by atoms with E-state index in [9.17, 15) is 14.7 Å². The van der Waals surface area contributed by atoms with Crippen LogP contribution in [-0.4, -0.2) is 34.2 Å². The normalized spacial score (nSPS) is 13.2. The van der Waals surface area contributed by atoms with Crippen molar-refractivity contribution in [2.75, 3.05) is 7.11 Å². The molecule has 106 valence electrons. The highest BCUT2D eigenvalue weighted by molar-refractivity contribution is 8.14. The molecule has 0 saturated heterocycles. The number of aliphatic hydroxyl groups is 1. The number of unbranched alkanes of at least 4 members (excludes halogenated alkanes) is 1. The van der Waals surface area contributed by atoms with Crippen LogP contribution in [0.25, 0.3) is 0 Å². The molecule has 0 aliphatic carbocycles. The molecule has 0 aliphatic rings. The summed E-state index contributed by atoms with van der Waals surface area (Å²) in [6.45, 7) is 5.91. The molecule has 0 bridgehead atoms. The third kappa shape index (κ3) is 10.6. The molecule has 0 heterocycles. The van der Waals surface area contributed by atoms with Crippen molar-refractivity contribution in [2.24, 2.45) is 0 Å². The van der Waals surface area contributed by atoms with Crippen LogP contribution in [0.2, 0.25) is 0 Å². The zero-order valence-electron chi connectivity index (χ0n) is 11.7. The van der Waals surface area contributed by atoms with Crippen molar-refractivity contribution >= 4 is 22.8 Å². The Balaban J connectivity index is 3.68. The first-order valence-corrected chi connectivity index (χ1v) is 7.03. The number of rotatable bonds is 7. The zero-order chi connectivity index (χ0) is 14.2. The number of hydrogen-bond donors (Lipinski definition) is 1. The number of esters is 1. The van der Waals surface area contributed by atoms with Gasteiger partial charge in [-0.3, -0.25) is 9.59 Å². The van der Waals surface area contributed by atoms with Crippen LogP contribution in [0.15, 0.2) is 0 Å². The van der Waals surface area contributed by atoms with Gasteiger partial charge >= 0.3 is 5.97 Å². The lowest BCUT2D eigenvalue weighted by Gasteiger charge is -2.17. The number of hydrogen-bond acceptors (Lipinski definition) is 5. The van der Waals surface area contributed by atoms with Crippen LogP contribution in [-0.2, 0) is 14.3 Å². The van der Waals surface area contributed by atoms with Gasteiger partial charge in [-0.1, -0.05) is 39.0 Å². The van der Waals surface area contributed by atoms with Gasteiger partial charge in [0.05, 0.1) is 13.2 Å². The maximum absolute atomic E-state index is 11.6. The molecule has 18 heavy (non-hydrogen) atoms. The van der Waals surface area contributed by atoms with Crippen LogP contribution < -0.4 is 0 Å². The van der Waals surface area contributed by atoms with Crippen molar-refractivity contribution in [1.29, 1.82) is 0 Å². The number of thioether (sulfide) groups is 1. The molecule has 1 atom stereocenters. The van der Waals surface area contributed by atoms with Crippen molar-refractivity contribution in [3.8, 4) is 0 Å². The van der Waals surface area contributed by atoms with Gasteiger partial charge in [0.1, 0.15) is 0 Å². The molecule has 0 spiro atoms. The molecule has 4 nitrogen and oxygen atoms in total. The van der Waals surface area contributed by atoms with Gasteiger partial charge in [-0.2, -0.15) is 0 Å². The van der Waals surface area contributed by atoms with E-state index in [0.29, 0.717) is 19.3 Å². The fraction of sp³-hybridized carbons (Fsp3) is 0.846. The third-order valence-corrected chi connectivity index (χ3v) is 3.22. The van der Waals surface area contributed by atoms with Crippen molar-refractivity contribution in [3.63, 3.8) is 0 Å². The SMILES string of the molecule is COC(=O)CCCC[C@H](O)CC(=O)SC(C)(C)C. The highest BCUT2D eigenvalue weighted by Crippen LogP contribution is 2.26. The molecule has 0 aliphatic heterocycles. The summed E-state index contributed by atoms with van der Waals surface area (Å²) in [6, 6.07) is 0. The Labute approximate surface area is 113 Å². The molecular formula is C13H24O4S. The molecule has 0 rings (SSSR count). The monoisotopic (exact) mass is 276 g/mol. The van der Waals surface area contributed by atoms with E-state index < -0.39 is 6.10 Å². The van der Waals surface area contributed by atoms with Crippen molar-refractivity contribution in [3.05, 3.63) is 0 Å². The average Bonchev–Trinajstić information content (AvgIpc) is 2.21. The van der Waals surface area contributed by atoms with Gasteiger partial charge in [0.25, 0.3) is 0 Å². The first kappa shape index (κ1) is 17.4. The third-order valence-electron chi connectivity index (χ3n) is 2.22. The fourth-order valence-corrected chi connectivity index (χ4v) is 2.39. The first-order chi connectivity index (χ1) is 8.24. The van der Waals surface area contributed by atoms with Crippen LogP contribution in [0.5, 0.6) is 0 Å². The van der Waals surface area contributed by atoms with E-state index in [4.69, 9.17) is 0 Å². The summed E-state index contributed by atoms with van der Waals surface area (Å²) < 4.78 is 4.41. The topological polar surface area (TPSA) is 63.6 Å². The smallest absolute Gasteiger partial charge is 0.305 e. The van der Waals surface area contributed by atoms with Crippen LogP contribution in [0.3, 0.4) is 0 Å². The number of aliphatic hydroxyl groups excluding tert-OH is 1. The Kier molecular flexibility index (Phi) is 8.27.